The third-order valence-corrected chi connectivity index (χ3v) is 5.16. The lowest BCUT2D eigenvalue weighted by molar-refractivity contribution is -0.0416. The highest BCUT2D eigenvalue weighted by molar-refractivity contribution is 7.10. The van der Waals surface area contributed by atoms with Gasteiger partial charge in [-0.2, -0.15) is 0 Å². The van der Waals surface area contributed by atoms with Gasteiger partial charge in [0.25, 0.3) is 0 Å². The van der Waals surface area contributed by atoms with E-state index in [2.05, 4.69) is 32.2 Å². The zero-order valence-electron chi connectivity index (χ0n) is 11.7. The van der Waals surface area contributed by atoms with Gasteiger partial charge in [0.05, 0.1) is 6.10 Å². The first-order valence-corrected chi connectivity index (χ1v) is 7.79. The molecule has 0 aromatic carbocycles. The van der Waals surface area contributed by atoms with Crippen molar-refractivity contribution in [1.82, 2.24) is 0 Å². The van der Waals surface area contributed by atoms with Crippen LogP contribution < -0.4 is 5.73 Å². The molecule has 3 heteroatoms. The summed E-state index contributed by atoms with van der Waals surface area (Å²) < 4.78 is 6.24. The second-order valence-corrected chi connectivity index (χ2v) is 7.14. The number of hydrogen-bond donors (Lipinski definition) is 1. The van der Waals surface area contributed by atoms with E-state index in [4.69, 9.17) is 10.5 Å². The van der Waals surface area contributed by atoms with E-state index < -0.39 is 0 Å². The average molecular weight is 267 g/mol. The van der Waals surface area contributed by atoms with Gasteiger partial charge in [0.2, 0.25) is 0 Å². The molecule has 2 N–H and O–H groups in total. The second kappa shape index (κ2) is 5.72. The molecule has 1 aliphatic carbocycles. The first-order valence-electron chi connectivity index (χ1n) is 6.91. The first kappa shape index (κ1) is 14.0. The van der Waals surface area contributed by atoms with E-state index in [0.29, 0.717) is 18.1 Å². The van der Waals surface area contributed by atoms with E-state index in [9.17, 15) is 0 Å². The van der Waals surface area contributed by atoms with Crippen LogP contribution in [-0.4, -0.2) is 12.6 Å². The fraction of sp³-hybridized carbons (Fsp3) is 0.733. The largest absolute Gasteiger partial charge is 0.368 e. The monoisotopic (exact) mass is 267 g/mol. The molecule has 0 spiro atoms. The Morgan fingerprint density at radius 3 is 2.61 bits per heavy atom. The summed E-state index contributed by atoms with van der Waals surface area (Å²) in [5, 5.41) is 2.13. The standard InChI is InChI=1S/C15H25NOS/c1-11-6-9-18-14(11)13(10-16)17-12-4-7-15(2,3)8-5-12/h6,9,12-13H,4-5,7-8,10,16H2,1-3H3. The van der Waals surface area contributed by atoms with Gasteiger partial charge in [-0.15, -0.1) is 11.3 Å². The molecule has 1 unspecified atom stereocenters. The van der Waals surface area contributed by atoms with Crippen molar-refractivity contribution in [1.29, 1.82) is 0 Å². The van der Waals surface area contributed by atoms with Crippen molar-refractivity contribution in [2.24, 2.45) is 11.1 Å². The van der Waals surface area contributed by atoms with Gasteiger partial charge in [-0.05, 0) is 55.0 Å². The van der Waals surface area contributed by atoms with Crippen LogP contribution in [0.1, 0.15) is 56.1 Å². The molecule has 1 atom stereocenters. The molecule has 1 aromatic rings. The Hall–Kier alpha value is -0.380. The van der Waals surface area contributed by atoms with Gasteiger partial charge in [-0.25, -0.2) is 0 Å². The molecule has 1 heterocycles. The molecule has 2 rings (SSSR count). The summed E-state index contributed by atoms with van der Waals surface area (Å²) in [6.07, 6.45) is 5.36. The molecule has 18 heavy (non-hydrogen) atoms. The molecule has 0 amide bonds. The van der Waals surface area contributed by atoms with Crippen LogP contribution in [0.25, 0.3) is 0 Å². The molecule has 1 saturated carbocycles. The van der Waals surface area contributed by atoms with E-state index in [1.54, 1.807) is 11.3 Å². The maximum Gasteiger partial charge on any atom is 0.104 e. The Balaban J connectivity index is 1.94. The summed E-state index contributed by atoms with van der Waals surface area (Å²) in [5.74, 6) is 0. The smallest absolute Gasteiger partial charge is 0.104 e. The third-order valence-electron chi connectivity index (χ3n) is 4.05. The van der Waals surface area contributed by atoms with E-state index in [-0.39, 0.29) is 6.10 Å². The van der Waals surface area contributed by atoms with Gasteiger partial charge in [0.15, 0.2) is 0 Å². The zero-order chi connectivity index (χ0) is 13.2. The number of rotatable bonds is 4. The minimum atomic E-state index is 0.0937. The molecule has 0 radical (unpaired) electrons. The summed E-state index contributed by atoms with van der Waals surface area (Å²) in [5.41, 5.74) is 7.69. The molecule has 0 saturated heterocycles. The van der Waals surface area contributed by atoms with Gasteiger partial charge < -0.3 is 10.5 Å². The minimum absolute atomic E-state index is 0.0937. The number of thiophene rings is 1. The van der Waals surface area contributed by atoms with Crippen LogP contribution in [0.2, 0.25) is 0 Å². The second-order valence-electron chi connectivity index (χ2n) is 6.19. The lowest BCUT2D eigenvalue weighted by Gasteiger charge is -2.35. The number of aryl methyl sites for hydroxylation is 1. The minimum Gasteiger partial charge on any atom is -0.368 e. The fourth-order valence-electron chi connectivity index (χ4n) is 2.68. The fourth-order valence-corrected chi connectivity index (χ4v) is 3.66. The third kappa shape index (κ3) is 3.34. The van der Waals surface area contributed by atoms with Gasteiger partial charge >= 0.3 is 0 Å². The Labute approximate surface area is 115 Å². The van der Waals surface area contributed by atoms with E-state index >= 15 is 0 Å². The Kier molecular flexibility index (Phi) is 4.46. The van der Waals surface area contributed by atoms with Crippen LogP contribution in [0.4, 0.5) is 0 Å². The van der Waals surface area contributed by atoms with Crippen LogP contribution in [0, 0.1) is 12.3 Å². The summed E-state index contributed by atoms with van der Waals surface area (Å²) in [4.78, 5) is 1.31. The first-order chi connectivity index (χ1) is 8.52. The Morgan fingerprint density at radius 2 is 2.11 bits per heavy atom. The van der Waals surface area contributed by atoms with Crippen molar-refractivity contribution in [2.45, 2.75) is 58.7 Å². The highest BCUT2D eigenvalue weighted by atomic mass is 32.1. The van der Waals surface area contributed by atoms with E-state index in [1.165, 1.54) is 36.1 Å². The van der Waals surface area contributed by atoms with Gasteiger partial charge in [-0.3, -0.25) is 0 Å². The molecular weight excluding hydrogens is 242 g/mol. The van der Waals surface area contributed by atoms with Gasteiger partial charge in [-0.1, -0.05) is 13.8 Å². The quantitative estimate of drug-likeness (QED) is 0.893. The highest BCUT2D eigenvalue weighted by Crippen LogP contribution is 2.38. The van der Waals surface area contributed by atoms with Crippen LogP contribution in [0.15, 0.2) is 11.4 Å². The van der Waals surface area contributed by atoms with Crippen molar-refractivity contribution in [3.63, 3.8) is 0 Å². The Morgan fingerprint density at radius 1 is 1.44 bits per heavy atom. The molecule has 0 bridgehead atoms. The SMILES string of the molecule is Cc1ccsc1C(CN)OC1CCC(C)(C)CC1. The molecule has 2 nitrogen and oxygen atoms in total. The van der Waals surface area contributed by atoms with Gasteiger partial charge in [0.1, 0.15) is 6.10 Å². The van der Waals surface area contributed by atoms with Crippen molar-refractivity contribution in [3.05, 3.63) is 21.9 Å². The predicted molar refractivity (Wildman–Crippen MR) is 78.0 cm³/mol. The summed E-state index contributed by atoms with van der Waals surface area (Å²) in [6.45, 7) is 7.43. The molecule has 1 aromatic heterocycles. The van der Waals surface area contributed by atoms with E-state index in [0.717, 1.165) is 0 Å². The normalized spacial score (nSPS) is 22.0. The van der Waals surface area contributed by atoms with Crippen molar-refractivity contribution in [2.75, 3.05) is 6.54 Å². The lowest BCUT2D eigenvalue weighted by Crippen LogP contribution is -2.29. The van der Waals surface area contributed by atoms with Crippen molar-refractivity contribution < 1.29 is 4.74 Å². The van der Waals surface area contributed by atoms with Crippen LogP contribution in [-0.2, 0) is 4.74 Å². The van der Waals surface area contributed by atoms with Crippen LogP contribution in [0.3, 0.4) is 0 Å². The zero-order valence-corrected chi connectivity index (χ0v) is 12.6. The molecule has 0 aliphatic heterocycles. The van der Waals surface area contributed by atoms with E-state index in [1.807, 2.05) is 0 Å². The van der Waals surface area contributed by atoms with Crippen LogP contribution in [0.5, 0.6) is 0 Å². The summed E-state index contributed by atoms with van der Waals surface area (Å²) in [7, 11) is 0. The topological polar surface area (TPSA) is 35.2 Å². The number of hydrogen-bond acceptors (Lipinski definition) is 3. The molecule has 1 fully saturated rings. The summed E-state index contributed by atoms with van der Waals surface area (Å²) in [6, 6.07) is 2.15. The van der Waals surface area contributed by atoms with Crippen molar-refractivity contribution >= 4 is 11.3 Å². The highest BCUT2D eigenvalue weighted by Gasteiger charge is 2.29. The lowest BCUT2D eigenvalue weighted by atomic mass is 9.76. The molecule has 1 aliphatic rings. The van der Waals surface area contributed by atoms with Crippen molar-refractivity contribution in [3.8, 4) is 0 Å². The average Bonchev–Trinajstić information content (AvgIpc) is 2.74. The van der Waals surface area contributed by atoms with Gasteiger partial charge in [0, 0.05) is 11.4 Å². The summed E-state index contributed by atoms with van der Waals surface area (Å²) >= 11 is 1.77. The predicted octanol–water partition coefficient (Wildman–Crippen LogP) is 4.04. The maximum absolute atomic E-state index is 6.24. The molecule has 102 valence electrons. The Bertz CT molecular complexity index is 376. The number of nitrogens with two attached hydrogens (primary N) is 1. The van der Waals surface area contributed by atoms with Crippen LogP contribution >= 0.6 is 11.3 Å². The molecular formula is C15H25NOS. The number of ether oxygens (including phenoxy) is 1. The maximum atomic E-state index is 6.24.